The molecule has 0 fully saturated rings. The third kappa shape index (κ3) is 2.14. The molecule has 0 aliphatic carbocycles. The van der Waals surface area contributed by atoms with Crippen LogP contribution in [0.2, 0.25) is 0 Å². The number of nitrogens with one attached hydrogen (secondary N) is 1. The van der Waals surface area contributed by atoms with E-state index in [-0.39, 0.29) is 6.04 Å². The smallest absolute Gasteiger partial charge is 0.120 e. The largest absolute Gasteiger partial charge is 0.468 e. The topological polar surface area (TPSA) is 25.2 Å². The molecule has 58 valence electrons. The maximum absolute atomic E-state index is 5.16. The maximum atomic E-state index is 5.16. The molecule has 0 aliphatic rings. The van der Waals surface area contributed by atoms with Crippen molar-refractivity contribution in [3.63, 3.8) is 0 Å². The molecule has 0 spiro atoms. The van der Waals surface area contributed by atoms with Crippen molar-refractivity contribution < 1.29 is 4.42 Å². The molecule has 0 unspecified atom stereocenters. The number of rotatable bonds is 3. The molecular formula is C9H11NO. The van der Waals surface area contributed by atoms with Crippen molar-refractivity contribution in [2.24, 2.45) is 0 Å². The van der Waals surface area contributed by atoms with Crippen LogP contribution in [0, 0.1) is 12.3 Å². The summed E-state index contributed by atoms with van der Waals surface area (Å²) in [5, 5.41) is 3.10. The summed E-state index contributed by atoms with van der Waals surface area (Å²) in [7, 11) is 0. The first-order chi connectivity index (χ1) is 5.34. The van der Waals surface area contributed by atoms with Gasteiger partial charge in [0, 0.05) is 0 Å². The van der Waals surface area contributed by atoms with E-state index in [4.69, 9.17) is 10.8 Å². The Morgan fingerprint density at radius 1 is 1.82 bits per heavy atom. The lowest BCUT2D eigenvalue weighted by Gasteiger charge is -2.06. The van der Waals surface area contributed by atoms with Gasteiger partial charge in [-0.15, -0.1) is 6.42 Å². The summed E-state index contributed by atoms with van der Waals surface area (Å²) in [5.41, 5.74) is 0. The number of hydrogen-bond acceptors (Lipinski definition) is 2. The first kappa shape index (κ1) is 7.90. The fraction of sp³-hybridized carbons (Fsp3) is 0.333. The molecule has 1 atom stereocenters. The molecule has 2 nitrogen and oxygen atoms in total. The fourth-order valence-electron chi connectivity index (χ4n) is 0.850. The first-order valence-electron chi connectivity index (χ1n) is 3.55. The molecule has 0 amide bonds. The molecular weight excluding hydrogens is 138 g/mol. The fourth-order valence-corrected chi connectivity index (χ4v) is 0.850. The molecule has 2 heteroatoms. The van der Waals surface area contributed by atoms with Gasteiger partial charge in [0.15, 0.2) is 0 Å². The van der Waals surface area contributed by atoms with E-state index in [0.717, 1.165) is 5.76 Å². The number of hydrogen-bond donors (Lipinski definition) is 1. The van der Waals surface area contributed by atoms with Crippen LogP contribution in [0.3, 0.4) is 0 Å². The summed E-state index contributed by atoms with van der Waals surface area (Å²) >= 11 is 0. The summed E-state index contributed by atoms with van der Waals surface area (Å²) < 4.78 is 5.16. The minimum Gasteiger partial charge on any atom is -0.468 e. The van der Waals surface area contributed by atoms with Gasteiger partial charge in [-0.1, -0.05) is 5.92 Å². The molecule has 0 radical (unpaired) electrons. The third-order valence-electron chi connectivity index (χ3n) is 1.48. The Balaban J connectivity index is 2.44. The summed E-state index contributed by atoms with van der Waals surface area (Å²) in [4.78, 5) is 0. The van der Waals surface area contributed by atoms with Crippen LogP contribution in [-0.4, -0.2) is 6.54 Å². The van der Waals surface area contributed by atoms with Crippen LogP contribution in [0.25, 0.3) is 0 Å². The molecule has 0 aliphatic heterocycles. The Bertz CT molecular complexity index is 233. The lowest BCUT2D eigenvalue weighted by Crippen LogP contribution is -2.17. The summed E-state index contributed by atoms with van der Waals surface area (Å²) in [6.07, 6.45) is 6.74. The highest BCUT2D eigenvalue weighted by Gasteiger charge is 2.04. The van der Waals surface area contributed by atoms with Crippen LogP contribution in [-0.2, 0) is 0 Å². The van der Waals surface area contributed by atoms with Crippen LogP contribution >= 0.6 is 0 Å². The number of furan rings is 1. The molecule has 0 bridgehead atoms. The van der Waals surface area contributed by atoms with Gasteiger partial charge >= 0.3 is 0 Å². The predicted molar refractivity (Wildman–Crippen MR) is 44.0 cm³/mol. The van der Waals surface area contributed by atoms with Crippen molar-refractivity contribution in [1.29, 1.82) is 0 Å². The zero-order valence-corrected chi connectivity index (χ0v) is 6.50. The van der Waals surface area contributed by atoms with Crippen LogP contribution in [0.4, 0.5) is 0 Å². The average Bonchev–Trinajstić information content (AvgIpc) is 2.52. The van der Waals surface area contributed by atoms with Gasteiger partial charge in [0.25, 0.3) is 0 Å². The lowest BCUT2D eigenvalue weighted by molar-refractivity contribution is 0.443. The van der Waals surface area contributed by atoms with Crippen LogP contribution < -0.4 is 5.32 Å². The van der Waals surface area contributed by atoms with E-state index in [1.165, 1.54) is 0 Å². The molecule has 1 rings (SSSR count). The van der Waals surface area contributed by atoms with Crippen LogP contribution in [0.1, 0.15) is 18.7 Å². The summed E-state index contributed by atoms with van der Waals surface area (Å²) in [5.74, 6) is 3.42. The standard InChI is InChI=1S/C9H11NO/c1-3-6-10-8(2)9-5-4-7-11-9/h1,4-5,7-8,10H,6H2,2H3/t8-/m0/s1. The minimum absolute atomic E-state index is 0.195. The Morgan fingerprint density at radius 3 is 3.18 bits per heavy atom. The highest BCUT2D eigenvalue weighted by atomic mass is 16.3. The average molecular weight is 149 g/mol. The molecule has 0 saturated carbocycles. The minimum atomic E-state index is 0.195. The van der Waals surface area contributed by atoms with Gasteiger partial charge in [0.2, 0.25) is 0 Å². The van der Waals surface area contributed by atoms with Gasteiger partial charge in [0.05, 0.1) is 18.8 Å². The van der Waals surface area contributed by atoms with Crippen molar-refractivity contribution in [1.82, 2.24) is 5.32 Å². The monoisotopic (exact) mass is 149 g/mol. The van der Waals surface area contributed by atoms with Crippen molar-refractivity contribution in [2.45, 2.75) is 13.0 Å². The van der Waals surface area contributed by atoms with E-state index in [1.807, 2.05) is 19.1 Å². The van der Waals surface area contributed by atoms with Crippen molar-refractivity contribution in [3.05, 3.63) is 24.2 Å². The molecule has 1 N–H and O–H groups in total. The highest BCUT2D eigenvalue weighted by molar-refractivity contribution is 5.03. The van der Waals surface area contributed by atoms with Crippen molar-refractivity contribution in [3.8, 4) is 12.3 Å². The van der Waals surface area contributed by atoms with E-state index in [2.05, 4.69) is 11.2 Å². The SMILES string of the molecule is C#CCN[C@@H](C)c1ccco1. The summed E-state index contributed by atoms with van der Waals surface area (Å²) in [6.45, 7) is 2.58. The highest BCUT2D eigenvalue weighted by Crippen LogP contribution is 2.10. The Kier molecular flexibility index (Phi) is 2.76. The normalized spacial score (nSPS) is 12.4. The lowest BCUT2D eigenvalue weighted by atomic mass is 10.2. The van der Waals surface area contributed by atoms with E-state index in [0.29, 0.717) is 6.54 Å². The van der Waals surface area contributed by atoms with Gasteiger partial charge in [0.1, 0.15) is 5.76 Å². The summed E-state index contributed by atoms with van der Waals surface area (Å²) in [6, 6.07) is 3.98. The van der Waals surface area contributed by atoms with E-state index >= 15 is 0 Å². The van der Waals surface area contributed by atoms with Gasteiger partial charge in [-0.3, -0.25) is 5.32 Å². The third-order valence-corrected chi connectivity index (χ3v) is 1.48. The Labute approximate surface area is 66.6 Å². The number of terminal acetylenes is 1. The second-order valence-corrected chi connectivity index (χ2v) is 2.32. The van der Waals surface area contributed by atoms with Crippen molar-refractivity contribution in [2.75, 3.05) is 6.54 Å². The van der Waals surface area contributed by atoms with Crippen LogP contribution in [0.15, 0.2) is 22.8 Å². The van der Waals surface area contributed by atoms with E-state index in [1.54, 1.807) is 6.26 Å². The quantitative estimate of drug-likeness (QED) is 0.660. The van der Waals surface area contributed by atoms with Crippen molar-refractivity contribution >= 4 is 0 Å². The van der Waals surface area contributed by atoms with Gasteiger partial charge < -0.3 is 4.42 Å². The van der Waals surface area contributed by atoms with Crippen LogP contribution in [0.5, 0.6) is 0 Å². The molecule has 11 heavy (non-hydrogen) atoms. The second-order valence-electron chi connectivity index (χ2n) is 2.32. The predicted octanol–water partition coefficient (Wildman–Crippen LogP) is 1.56. The van der Waals surface area contributed by atoms with Gasteiger partial charge in [-0.25, -0.2) is 0 Å². The molecule has 0 aromatic carbocycles. The molecule has 1 aromatic heterocycles. The molecule has 0 saturated heterocycles. The van der Waals surface area contributed by atoms with E-state index in [9.17, 15) is 0 Å². The zero-order chi connectivity index (χ0) is 8.10. The maximum Gasteiger partial charge on any atom is 0.120 e. The zero-order valence-electron chi connectivity index (χ0n) is 6.50. The Morgan fingerprint density at radius 2 is 2.64 bits per heavy atom. The Hall–Kier alpha value is -1.20. The first-order valence-corrected chi connectivity index (χ1v) is 3.55. The molecule has 1 aromatic rings. The van der Waals surface area contributed by atoms with E-state index < -0.39 is 0 Å². The molecule has 1 heterocycles. The van der Waals surface area contributed by atoms with Gasteiger partial charge in [-0.2, -0.15) is 0 Å². The van der Waals surface area contributed by atoms with Gasteiger partial charge in [-0.05, 0) is 19.1 Å². The second kappa shape index (κ2) is 3.85.